The number of nitrogens with zero attached hydrogens (tertiary/aromatic N) is 1. The van der Waals surface area contributed by atoms with Crippen LogP contribution >= 0.6 is 0 Å². The molecule has 0 fully saturated rings. The first kappa shape index (κ1) is 16.8. The Kier molecular flexibility index (Phi) is 5.80. The molecule has 3 N–H and O–H groups in total. The van der Waals surface area contributed by atoms with Crippen molar-refractivity contribution < 1.29 is 14.9 Å². The van der Waals surface area contributed by atoms with Crippen LogP contribution in [0.2, 0.25) is 0 Å². The van der Waals surface area contributed by atoms with E-state index in [1.54, 1.807) is 12.1 Å². The Morgan fingerprint density at radius 3 is 2.60 bits per heavy atom. The summed E-state index contributed by atoms with van der Waals surface area (Å²) in [5.41, 5.74) is 0.207. The highest BCUT2D eigenvalue weighted by molar-refractivity contribution is 5.42. The van der Waals surface area contributed by atoms with Gasteiger partial charge in [-0.05, 0) is 45.6 Å². The van der Waals surface area contributed by atoms with Crippen molar-refractivity contribution in [1.29, 1.82) is 0 Å². The monoisotopic (exact) mass is 282 g/mol. The average Bonchev–Trinajstić information content (AvgIpc) is 2.35. The van der Waals surface area contributed by atoms with Crippen LogP contribution in [0.4, 0.5) is 0 Å². The van der Waals surface area contributed by atoms with E-state index >= 15 is 0 Å². The van der Waals surface area contributed by atoms with Crippen molar-refractivity contribution in [3.8, 4) is 11.5 Å². The Bertz CT molecular complexity index is 433. The minimum absolute atomic E-state index is 0.0538. The van der Waals surface area contributed by atoms with E-state index in [4.69, 9.17) is 4.74 Å². The van der Waals surface area contributed by atoms with Crippen LogP contribution in [-0.4, -0.2) is 55.0 Å². The summed E-state index contributed by atoms with van der Waals surface area (Å²) in [5.74, 6) is 0.583. The van der Waals surface area contributed by atoms with Crippen LogP contribution in [0, 0.1) is 0 Å². The fourth-order valence-corrected chi connectivity index (χ4v) is 2.19. The number of aromatic hydroxyl groups is 1. The highest BCUT2D eigenvalue weighted by Crippen LogP contribution is 2.28. The van der Waals surface area contributed by atoms with Crippen molar-refractivity contribution in [2.75, 3.05) is 34.3 Å². The molecule has 0 saturated heterocycles. The van der Waals surface area contributed by atoms with E-state index in [2.05, 4.69) is 5.32 Å². The molecule has 2 atom stereocenters. The number of benzene rings is 1. The summed E-state index contributed by atoms with van der Waals surface area (Å²) in [5, 5.41) is 23.1. The van der Waals surface area contributed by atoms with E-state index in [0.717, 1.165) is 5.56 Å². The van der Waals surface area contributed by atoms with E-state index < -0.39 is 5.60 Å². The number of phenols is 1. The number of methoxy groups -OCH3 is 1. The first-order valence-electron chi connectivity index (χ1n) is 6.72. The molecule has 0 amide bonds. The maximum atomic E-state index is 10.3. The zero-order valence-electron chi connectivity index (χ0n) is 13.0. The Morgan fingerprint density at radius 1 is 1.40 bits per heavy atom. The standard InChI is InChI=1S/C15H26N2O3/c1-11(16-9-15(2,19)10-17(3)4)12-6-7-13(18)14(8-12)20-5/h6-8,11,16,18-19H,9-10H2,1-5H3. The number of hydrogen-bond donors (Lipinski definition) is 3. The lowest BCUT2D eigenvalue weighted by atomic mass is 10.0. The van der Waals surface area contributed by atoms with Gasteiger partial charge in [-0.1, -0.05) is 6.07 Å². The third-order valence-electron chi connectivity index (χ3n) is 3.15. The van der Waals surface area contributed by atoms with E-state index in [1.165, 1.54) is 7.11 Å². The van der Waals surface area contributed by atoms with Crippen LogP contribution in [0.3, 0.4) is 0 Å². The van der Waals surface area contributed by atoms with E-state index in [-0.39, 0.29) is 11.8 Å². The van der Waals surface area contributed by atoms with Gasteiger partial charge in [-0.3, -0.25) is 0 Å². The number of hydrogen-bond acceptors (Lipinski definition) is 5. The lowest BCUT2D eigenvalue weighted by Gasteiger charge is -2.29. The molecule has 0 aliphatic heterocycles. The van der Waals surface area contributed by atoms with Crippen molar-refractivity contribution in [3.05, 3.63) is 23.8 Å². The van der Waals surface area contributed by atoms with Gasteiger partial charge in [0.15, 0.2) is 11.5 Å². The van der Waals surface area contributed by atoms with Gasteiger partial charge < -0.3 is 25.2 Å². The SMILES string of the molecule is COc1cc(C(C)NCC(C)(O)CN(C)C)ccc1O. The summed E-state index contributed by atoms with van der Waals surface area (Å²) >= 11 is 0. The molecule has 1 aromatic rings. The molecule has 0 aliphatic rings. The van der Waals surface area contributed by atoms with Gasteiger partial charge in [0.25, 0.3) is 0 Å². The molecule has 1 rings (SSSR count). The summed E-state index contributed by atoms with van der Waals surface area (Å²) in [6, 6.07) is 5.31. The van der Waals surface area contributed by atoms with Gasteiger partial charge in [-0.15, -0.1) is 0 Å². The first-order valence-corrected chi connectivity index (χ1v) is 6.72. The van der Waals surface area contributed by atoms with Gasteiger partial charge in [0, 0.05) is 19.1 Å². The number of likely N-dealkylation sites (N-methyl/N-ethyl adjacent to an activating group) is 1. The second-order valence-electron chi connectivity index (χ2n) is 5.77. The van der Waals surface area contributed by atoms with Crippen LogP contribution < -0.4 is 10.1 Å². The largest absolute Gasteiger partial charge is 0.504 e. The molecule has 0 spiro atoms. The number of aliphatic hydroxyl groups is 1. The third kappa shape index (κ3) is 5.00. The fourth-order valence-electron chi connectivity index (χ4n) is 2.19. The molecular weight excluding hydrogens is 256 g/mol. The van der Waals surface area contributed by atoms with Gasteiger partial charge in [0.1, 0.15) is 0 Å². The molecule has 0 radical (unpaired) electrons. The summed E-state index contributed by atoms with van der Waals surface area (Å²) in [4.78, 5) is 1.95. The Hall–Kier alpha value is -1.30. The minimum Gasteiger partial charge on any atom is -0.504 e. The zero-order chi connectivity index (χ0) is 15.3. The molecule has 20 heavy (non-hydrogen) atoms. The van der Waals surface area contributed by atoms with E-state index in [1.807, 2.05) is 38.9 Å². The van der Waals surface area contributed by atoms with Crippen molar-refractivity contribution in [2.45, 2.75) is 25.5 Å². The van der Waals surface area contributed by atoms with Crippen LogP contribution in [0.5, 0.6) is 11.5 Å². The number of ether oxygens (including phenoxy) is 1. The summed E-state index contributed by atoms with van der Waals surface area (Å²) in [7, 11) is 5.39. The highest BCUT2D eigenvalue weighted by atomic mass is 16.5. The highest BCUT2D eigenvalue weighted by Gasteiger charge is 2.22. The second-order valence-corrected chi connectivity index (χ2v) is 5.77. The molecule has 114 valence electrons. The molecule has 0 aromatic heterocycles. The van der Waals surface area contributed by atoms with Crippen molar-refractivity contribution in [1.82, 2.24) is 10.2 Å². The molecule has 5 nitrogen and oxygen atoms in total. The van der Waals surface area contributed by atoms with Crippen LogP contribution in [0.25, 0.3) is 0 Å². The second kappa shape index (κ2) is 6.92. The van der Waals surface area contributed by atoms with Crippen LogP contribution in [0.1, 0.15) is 25.5 Å². The topological polar surface area (TPSA) is 65.0 Å². The number of nitrogens with one attached hydrogen (secondary N) is 1. The lowest BCUT2D eigenvalue weighted by molar-refractivity contribution is 0.0317. The predicted octanol–water partition coefficient (Wildman–Crippen LogP) is 1.36. The molecule has 0 heterocycles. The summed E-state index contributed by atoms with van der Waals surface area (Å²) < 4.78 is 5.10. The number of rotatable bonds is 7. The maximum Gasteiger partial charge on any atom is 0.160 e. The maximum absolute atomic E-state index is 10.3. The zero-order valence-corrected chi connectivity index (χ0v) is 13.0. The van der Waals surface area contributed by atoms with Gasteiger partial charge in [-0.25, -0.2) is 0 Å². The normalized spacial score (nSPS) is 15.9. The molecular formula is C15H26N2O3. The van der Waals surface area contributed by atoms with Crippen LogP contribution in [0.15, 0.2) is 18.2 Å². The smallest absolute Gasteiger partial charge is 0.160 e. The predicted molar refractivity (Wildman–Crippen MR) is 80.3 cm³/mol. The Balaban J connectivity index is 2.65. The van der Waals surface area contributed by atoms with E-state index in [9.17, 15) is 10.2 Å². The number of phenolic OH excluding ortho intramolecular Hbond substituents is 1. The molecule has 1 aromatic carbocycles. The van der Waals surface area contributed by atoms with Gasteiger partial charge in [0.2, 0.25) is 0 Å². The third-order valence-corrected chi connectivity index (χ3v) is 3.15. The van der Waals surface area contributed by atoms with Gasteiger partial charge in [0.05, 0.1) is 12.7 Å². The molecule has 0 bridgehead atoms. The van der Waals surface area contributed by atoms with Gasteiger partial charge in [-0.2, -0.15) is 0 Å². The summed E-state index contributed by atoms with van der Waals surface area (Å²) in [6.45, 7) is 4.89. The summed E-state index contributed by atoms with van der Waals surface area (Å²) in [6.07, 6.45) is 0. The fraction of sp³-hybridized carbons (Fsp3) is 0.600. The Morgan fingerprint density at radius 2 is 2.05 bits per heavy atom. The van der Waals surface area contributed by atoms with Crippen molar-refractivity contribution >= 4 is 0 Å². The Labute approximate surface area is 121 Å². The lowest BCUT2D eigenvalue weighted by Crippen LogP contribution is -2.46. The molecule has 0 saturated carbocycles. The van der Waals surface area contributed by atoms with Crippen LogP contribution in [-0.2, 0) is 0 Å². The first-order chi connectivity index (χ1) is 9.25. The van der Waals surface area contributed by atoms with E-state index in [0.29, 0.717) is 18.8 Å². The van der Waals surface area contributed by atoms with Gasteiger partial charge >= 0.3 is 0 Å². The quantitative estimate of drug-likeness (QED) is 0.705. The average molecular weight is 282 g/mol. The van der Waals surface area contributed by atoms with Crippen molar-refractivity contribution in [2.24, 2.45) is 0 Å². The van der Waals surface area contributed by atoms with Crippen molar-refractivity contribution in [3.63, 3.8) is 0 Å². The molecule has 5 heteroatoms. The molecule has 0 aliphatic carbocycles. The molecule has 2 unspecified atom stereocenters. The minimum atomic E-state index is -0.793.